The molecule has 5 nitrogen and oxygen atoms in total. The molecule has 0 bridgehead atoms. The van der Waals surface area contributed by atoms with Crippen LogP contribution in [0, 0.1) is 5.92 Å². The molecular weight excluding hydrogens is 292 g/mol. The summed E-state index contributed by atoms with van der Waals surface area (Å²) in [6.07, 6.45) is 8.01. The quantitative estimate of drug-likeness (QED) is 0.931. The van der Waals surface area contributed by atoms with E-state index < -0.39 is 5.91 Å². The van der Waals surface area contributed by atoms with Gasteiger partial charge in [0, 0.05) is 25.2 Å². The van der Waals surface area contributed by atoms with Gasteiger partial charge >= 0.3 is 0 Å². The lowest BCUT2D eigenvalue weighted by atomic mass is 9.93. The van der Waals surface area contributed by atoms with Crippen molar-refractivity contribution in [2.45, 2.75) is 25.7 Å². The number of rotatable bonds is 3. The predicted octanol–water partition coefficient (Wildman–Crippen LogP) is 2.81. The van der Waals surface area contributed by atoms with Gasteiger partial charge in [0.05, 0.1) is 19.8 Å². The molecular formula is C18H26N2O3. The van der Waals surface area contributed by atoms with Gasteiger partial charge in [-0.05, 0) is 37.8 Å². The van der Waals surface area contributed by atoms with E-state index in [9.17, 15) is 4.79 Å². The number of benzene rings is 1. The lowest BCUT2D eigenvalue weighted by Gasteiger charge is -2.20. The SMILES string of the molecule is CN1CCC2CCCC=C21.COc1cccc(C(N)=O)c1OC. The molecule has 1 aliphatic heterocycles. The molecule has 2 aliphatic rings. The van der Waals surface area contributed by atoms with Crippen molar-refractivity contribution in [2.75, 3.05) is 27.8 Å². The molecule has 23 heavy (non-hydrogen) atoms. The van der Waals surface area contributed by atoms with Crippen LogP contribution in [0.1, 0.15) is 36.0 Å². The van der Waals surface area contributed by atoms with Gasteiger partial charge < -0.3 is 20.1 Å². The smallest absolute Gasteiger partial charge is 0.252 e. The molecule has 1 amide bonds. The van der Waals surface area contributed by atoms with E-state index in [1.807, 2.05) is 0 Å². The maximum atomic E-state index is 10.9. The minimum atomic E-state index is -0.532. The van der Waals surface area contributed by atoms with Crippen LogP contribution in [0.3, 0.4) is 0 Å². The topological polar surface area (TPSA) is 64.8 Å². The molecule has 1 saturated heterocycles. The van der Waals surface area contributed by atoms with E-state index in [1.165, 1.54) is 46.4 Å². The highest BCUT2D eigenvalue weighted by Crippen LogP contribution is 2.34. The van der Waals surface area contributed by atoms with Crippen molar-refractivity contribution in [2.24, 2.45) is 11.7 Å². The first-order valence-electron chi connectivity index (χ1n) is 8.00. The Hall–Kier alpha value is -2.17. The van der Waals surface area contributed by atoms with Gasteiger partial charge in [-0.2, -0.15) is 0 Å². The van der Waals surface area contributed by atoms with Crippen molar-refractivity contribution in [3.63, 3.8) is 0 Å². The molecule has 1 unspecified atom stereocenters. The normalized spacial score (nSPS) is 19.2. The molecule has 5 heteroatoms. The highest BCUT2D eigenvalue weighted by atomic mass is 16.5. The average Bonchev–Trinajstić information content (AvgIpc) is 2.96. The van der Waals surface area contributed by atoms with E-state index in [0.29, 0.717) is 17.1 Å². The Morgan fingerprint density at radius 1 is 1.26 bits per heavy atom. The average molecular weight is 318 g/mol. The Morgan fingerprint density at radius 2 is 2.04 bits per heavy atom. The molecule has 1 aromatic carbocycles. The Bertz CT molecular complexity index is 584. The molecule has 1 aromatic rings. The second-order valence-corrected chi connectivity index (χ2v) is 5.87. The van der Waals surface area contributed by atoms with Crippen molar-refractivity contribution in [3.05, 3.63) is 35.5 Å². The van der Waals surface area contributed by atoms with Crippen LogP contribution in [0.25, 0.3) is 0 Å². The molecule has 0 saturated carbocycles. The third-order valence-electron chi connectivity index (χ3n) is 4.45. The van der Waals surface area contributed by atoms with Crippen LogP contribution in [0.4, 0.5) is 0 Å². The number of allylic oxidation sites excluding steroid dienone is 2. The molecule has 1 heterocycles. The highest BCUT2D eigenvalue weighted by molar-refractivity contribution is 5.96. The van der Waals surface area contributed by atoms with Crippen molar-refractivity contribution in [1.29, 1.82) is 0 Å². The van der Waals surface area contributed by atoms with Gasteiger partial charge in [0.15, 0.2) is 11.5 Å². The summed E-state index contributed by atoms with van der Waals surface area (Å²) in [7, 11) is 5.18. The number of primary amides is 1. The zero-order chi connectivity index (χ0) is 16.8. The summed E-state index contributed by atoms with van der Waals surface area (Å²) in [5, 5.41) is 0. The first-order chi connectivity index (χ1) is 11.1. The molecule has 1 atom stereocenters. The van der Waals surface area contributed by atoms with Gasteiger partial charge in [-0.25, -0.2) is 0 Å². The molecule has 3 rings (SSSR count). The monoisotopic (exact) mass is 318 g/mol. The predicted molar refractivity (Wildman–Crippen MR) is 90.7 cm³/mol. The molecule has 2 N–H and O–H groups in total. The first-order valence-corrected chi connectivity index (χ1v) is 8.00. The molecule has 1 aliphatic carbocycles. The first kappa shape index (κ1) is 17.2. The Kier molecular flexibility index (Phi) is 5.90. The summed E-state index contributed by atoms with van der Waals surface area (Å²) in [5.41, 5.74) is 7.09. The number of methoxy groups -OCH3 is 2. The molecule has 1 fully saturated rings. The largest absolute Gasteiger partial charge is 0.493 e. The van der Waals surface area contributed by atoms with Crippen LogP contribution in [0.5, 0.6) is 11.5 Å². The van der Waals surface area contributed by atoms with Gasteiger partial charge in [0.1, 0.15) is 0 Å². The van der Waals surface area contributed by atoms with Gasteiger partial charge in [0.2, 0.25) is 0 Å². The van der Waals surface area contributed by atoms with Crippen molar-refractivity contribution in [3.8, 4) is 11.5 Å². The number of hydrogen-bond acceptors (Lipinski definition) is 4. The minimum Gasteiger partial charge on any atom is -0.493 e. The molecule has 0 spiro atoms. The number of carbonyl (C=O) groups is 1. The van der Waals surface area contributed by atoms with Gasteiger partial charge in [-0.1, -0.05) is 12.1 Å². The lowest BCUT2D eigenvalue weighted by molar-refractivity contribution is 0.0996. The number of hydrogen-bond donors (Lipinski definition) is 1. The summed E-state index contributed by atoms with van der Waals surface area (Å²) < 4.78 is 10.00. The van der Waals surface area contributed by atoms with Crippen molar-refractivity contribution >= 4 is 5.91 Å². The fourth-order valence-corrected chi connectivity index (χ4v) is 3.25. The number of carbonyl (C=O) groups excluding carboxylic acids is 1. The molecule has 0 aromatic heterocycles. The minimum absolute atomic E-state index is 0.321. The van der Waals surface area contributed by atoms with Gasteiger partial charge in [-0.15, -0.1) is 0 Å². The fraction of sp³-hybridized carbons (Fsp3) is 0.500. The van der Waals surface area contributed by atoms with E-state index in [0.717, 1.165) is 5.92 Å². The summed E-state index contributed by atoms with van der Waals surface area (Å²) in [6, 6.07) is 4.97. The van der Waals surface area contributed by atoms with Crippen LogP contribution >= 0.6 is 0 Å². The highest BCUT2D eigenvalue weighted by Gasteiger charge is 2.26. The number of ether oxygens (including phenoxy) is 2. The molecule has 126 valence electrons. The third kappa shape index (κ3) is 3.97. The van der Waals surface area contributed by atoms with E-state index in [2.05, 4.69) is 18.0 Å². The summed E-state index contributed by atoms with van der Waals surface area (Å²) in [4.78, 5) is 13.4. The second kappa shape index (κ2) is 7.90. The second-order valence-electron chi connectivity index (χ2n) is 5.87. The summed E-state index contributed by atoms with van der Waals surface area (Å²) in [5.74, 6) is 1.27. The van der Waals surface area contributed by atoms with E-state index in [-0.39, 0.29) is 0 Å². The van der Waals surface area contributed by atoms with Gasteiger partial charge in [0.25, 0.3) is 5.91 Å². The van der Waals surface area contributed by atoms with Gasteiger partial charge in [-0.3, -0.25) is 4.79 Å². The zero-order valence-electron chi connectivity index (χ0n) is 14.2. The lowest BCUT2D eigenvalue weighted by Crippen LogP contribution is -2.13. The number of fused-ring (bicyclic) bond motifs is 1. The standard InChI is InChI=1S/C9H11NO3.C9H15N/c1-12-7-5-3-4-6(9(10)11)8(7)13-2;1-10-7-6-8-4-2-3-5-9(8)10/h3-5H,1-2H3,(H2,10,11);5,8H,2-4,6-7H2,1H3. The van der Waals surface area contributed by atoms with Crippen LogP contribution in [-0.2, 0) is 0 Å². The van der Waals surface area contributed by atoms with E-state index in [1.54, 1.807) is 23.9 Å². The maximum Gasteiger partial charge on any atom is 0.252 e. The van der Waals surface area contributed by atoms with Crippen LogP contribution in [0.2, 0.25) is 0 Å². The van der Waals surface area contributed by atoms with Crippen molar-refractivity contribution < 1.29 is 14.3 Å². The van der Waals surface area contributed by atoms with Crippen LogP contribution < -0.4 is 15.2 Å². The Balaban J connectivity index is 0.000000172. The number of para-hydroxylation sites is 1. The Morgan fingerprint density at radius 3 is 2.65 bits per heavy atom. The summed E-state index contributed by atoms with van der Waals surface area (Å²) in [6.45, 7) is 1.29. The van der Waals surface area contributed by atoms with Crippen LogP contribution in [-0.4, -0.2) is 38.6 Å². The zero-order valence-corrected chi connectivity index (χ0v) is 14.2. The third-order valence-corrected chi connectivity index (χ3v) is 4.45. The number of nitrogens with zero attached hydrogens (tertiary/aromatic N) is 1. The van der Waals surface area contributed by atoms with Crippen molar-refractivity contribution in [1.82, 2.24) is 4.90 Å². The maximum absolute atomic E-state index is 10.9. The number of amides is 1. The molecule has 0 radical (unpaired) electrons. The number of likely N-dealkylation sites (tertiary alicyclic amines) is 1. The van der Waals surface area contributed by atoms with E-state index in [4.69, 9.17) is 15.2 Å². The van der Waals surface area contributed by atoms with E-state index >= 15 is 0 Å². The summed E-state index contributed by atoms with van der Waals surface area (Å²) >= 11 is 0. The number of nitrogens with two attached hydrogens (primary N) is 1. The Labute approximate surface area is 138 Å². The fourth-order valence-electron chi connectivity index (χ4n) is 3.25. The van der Waals surface area contributed by atoms with Crippen LogP contribution in [0.15, 0.2) is 30.0 Å².